The van der Waals surface area contributed by atoms with Gasteiger partial charge in [0.2, 0.25) is 0 Å². The number of anilines is 2. The van der Waals surface area contributed by atoms with E-state index in [1.54, 1.807) is 18.6 Å². The Morgan fingerprint density at radius 1 is 1.19 bits per heavy atom. The van der Waals surface area contributed by atoms with Gasteiger partial charge in [0.15, 0.2) is 0 Å². The van der Waals surface area contributed by atoms with E-state index in [9.17, 15) is 10.5 Å². The Morgan fingerprint density at radius 3 is 2.72 bits per heavy atom. The molecule has 0 aliphatic carbocycles. The summed E-state index contributed by atoms with van der Waals surface area (Å²) in [6, 6.07) is 12.3. The molecule has 4 heterocycles. The molecule has 0 spiro atoms. The minimum atomic E-state index is -0.703. The van der Waals surface area contributed by atoms with E-state index in [2.05, 4.69) is 50.8 Å². The molecule has 0 saturated carbocycles. The number of rotatable bonds is 6. The molecule has 3 aromatic heterocycles. The third kappa shape index (κ3) is 5.05. The second-order valence-corrected chi connectivity index (χ2v) is 9.45. The van der Waals surface area contributed by atoms with Gasteiger partial charge in [0.25, 0.3) is 0 Å². The first kappa shape index (κ1) is 24.8. The van der Waals surface area contributed by atoms with Crippen LogP contribution in [0.5, 0.6) is 0 Å². The van der Waals surface area contributed by atoms with Crippen molar-refractivity contribution in [1.82, 2.24) is 15.0 Å². The molecule has 8 nitrogen and oxygen atoms in total. The number of nitrogens with one attached hydrogen (secondary N) is 1. The summed E-state index contributed by atoms with van der Waals surface area (Å²) in [7, 11) is 0. The van der Waals surface area contributed by atoms with Crippen LogP contribution in [0.3, 0.4) is 0 Å². The van der Waals surface area contributed by atoms with Crippen LogP contribution in [-0.4, -0.2) is 40.8 Å². The van der Waals surface area contributed by atoms with Crippen LogP contribution in [0.4, 0.5) is 11.5 Å². The van der Waals surface area contributed by atoms with E-state index in [1.165, 1.54) is 0 Å². The van der Waals surface area contributed by atoms with E-state index in [4.69, 9.17) is 4.74 Å². The Hall–Kier alpha value is -4.27. The molecule has 3 aromatic rings. The molecule has 0 amide bonds. The lowest BCUT2D eigenvalue weighted by Gasteiger charge is -2.34. The summed E-state index contributed by atoms with van der Waals surface area (Å²) in [5.74, 6) is 0.680. The van der Waals surface area contributed by atoms with E-state index >= 15 is 0 Å². The predicted octanol–water partition coefficient (Wildman–Crippen LogP) is 4.83. The van der Waals surface area contributed by atoms with Gasteiger partial charge in [-0.05, 0) is 52.0 Å². The van der Waals surface area contributed by atoms with Crippen LogP contribution in [0.2, 0.25) is 0 Å². The molecule has 0 bridgehead atoms. The summed E-state index contributed by atoms with van der Waals surface area (Å²) in [6.45, 7) is 13.8. The van der Waals surface area contributed by atoms with Crippen LogP contribution < -0.4 is 10.2 Å². The van der Waals surface area contributed by atoms with E-state index in [0.29, 0.717) is 42.5 Å². The van der Waals surface area contributed by atoms with Gasteiger partial charge < -0.3 is 15.0 Å². The molecule has 8 heteroatoms. The zero-order chi connectivity index (χ0) is 25.9. The number of aromatic nitrogens is 3. The minimum Gasteiger partial charge on any atom is -0.377 e. The number of hydrogen-bond donors (Lipinski definition) is 1. The van der Waals surface area contributed by atoms with Gasteiger partial charge in [-0.3, -0.25) is 9.97 Å². The summed E-state index contributed by atoms with van der Waals surface area (Å²) >= 11 is 0. The second kappa shape index (κ2) is 10.2. The number of pyridine rings is 3. The van der Waals surface area contributed by atoms with Crippen LogP contribution in [0.15, 0.2) is 49.4 Å². The highest BCUT2D eigenvalue weighted by atomic mass is 16.5. The summed E-state index contributed by atoms with van der Waals surface area (Å²) in [4.78, 5) is 15.7. The van der Waals surface area contributed by atoms with Crippen LogP contribution in [0, 0.1) is 29.6 Å². The zero-order valence-corrected chi connectivity index (χ0v) is 21.0. The SMILES string of the molecule is C=C(Nc1cnc(C)c(-c2cnc(N3CCOC[C@@H]3C)c(C#N)c2)c1)c1ccnc(C(C)(C)C#N)c1. The summed E-state index contributed by atoms with van der Waals surface area (Å²) in [6.07, 6.45) is 5.22. The van der Waals surface area contributed by atoms with E-state index in [1.807, 2.05) is 45.0 Å². The fourth-order valence-electron chi connectivity index (χ4n) is 4.12. The maximum absolute atomic E-state index is 9.86. The molecule has 1 saturated heterocycles. The quantitative estimate of drug-likeness (QED) is 0.535. The van der Waals surface area contributed by atoms with E-state index in [-0.39, 0.29) is 6.04 Å². The molecular weight excluding hydrogens is 450 g/mol. The first-order chi connectivity index (χ1) is 17.2. The average Bonchev–Trinajstić information content (AvgIpc) is 2.90. The van der Waals surface area contributed by atoms with Crippen molar-refractivity contribution in [2.45, 2.75) is 39.2 Å². The Bertz CT molecular complexity index is 1380. The molecule has 1 N–H and O–H groups in total. The highest BCUT2D eigenvalue weighted by Crippen LogP contribution is 2.31. The zero-order valence-electron chi connectivity index (χ0n) is 21.0. The lowest BCUT2D eigenvalue weighted by molar-refractivity contribution is 0.0985. The van der Waals surface area contributed by atoms with Crippen molar-refractivity contribution in [3.8, 4) is 23.3 Å². The Balaban J connectivity index is 1.61. The lowest BCUT2D eigenvalue weighted by atomic mass is 9.90. The molecule has 0 unspecified atom stereocenters. The monoisotopic (exact) mass is 479 g/mol. The normalized spacial score (nSPS) is 15.6. The van der Waals surface area contributed by atoms with Crippen molar-refractivity contribution >= 4 is 17.2 Å². The van der Waals surface area contributed by atoms with Crippen molar-refractivity contribution < 1.29 is 4.74 Å². The molecule has 182 valence electrons. The van der Waals surface area contributed by atoms with Gasteiger partial charge in [-0.2, -0.15) is 10.5 Å². The Kier molecular flexibility index (Phi) is 7.00. The highest BCUT2D eigenvalue weighted by Gasteiger charge is 2.24. The van der Waals surface area contributed by atoms with Gasteiger partial charge in [0.1, 0.15) is 11.9 Å². The third-order valence-corrected chi connectivity index (χ3v) is 6.35. The largest absolute Gasteiger partial charge is 0.377 e. The molecule has 1 atom stereocenters. The number of morpholine rings is 1. The molecule has 0 aromatic carbocycles. The van der Waals surface area contributed by atoms with Gasteiger partial charge in [0, 0.05) is 47.0 Å². The van der Waals surface area contributed by atoms with Crippen LogP contribution in [0.1, 0.15) is 43.3 Å². The first-order valence-corrected chi connectivity index (χ1v) is 11.8. The summed E-state index contributed by atoms with van der Waals surface area (Å²) < 4.78 is 5.53. The number of ether oxygens (including phenoxy) is 1. The van der Waals surface area contributed by atoms with Crippen molar-refractivity contribution in [3.63, 3.8) is 0 Å². The maximum atomic E-state index is 9.86. The smallest absolute Gasteiger partial charge is 0.146 e. The van der Waals surface area contributed by atoms with Crippen molar-refractivity contribution in [2.75, 3.05) is 30.0 Å². The predicted molar refractivity (Wildman–Crippen MR) is 140 cm³/mol. The highest BCUT2D eigenvalue weighted by molar-refractivity contribution is 5.79. The molecule has 4 rings (SSSR count). The molecule has 0 radical (unpaired) electrons. The molecule has 1 aliphatic rings. The Labute approximate surface area is 211 Å². The number of aryl methyl sites for hydroxylation is 1. The van der Waals surface area contributed by atoms with Crippen molar-refractivity contribution in [1.29, 1.82) is 10.5 Å². The third-order valence-electron chi connectivity index (χ3n) is 6.35. The second-order valence-electron chi connectivity index (χ2n) is 9.45. The fraction of sp³-hybridized carbons (Fsp3) is 0.321. The Morgan fingerprint density at radius 2 is 2.00 bits per heavy atom. The van der Waals surface area contributed by atoms with E-state index < -0.39 is 5.41 Å². The number of hydrogen-bond acceptors (Lipinski definition) is 8. The van der Waals surface area contributed by atoms with Gasteiger partial charge in [-0.15, -0.1) is 0 Å². The van der Waals surface area contributed by atoms with E-state index in [0.717, 1.165) is 28.1 Å². The van der Waals surface area contributed by atoms with Crippen LogP contribution in [0.25, 0.3) is 16.8 Å². The molecule has 1 fully saturated rings. The number of nitriles is 2. The fourth-order valence-corrected chi connectivity index (χ4v) is 4.12. The van der Waals surface area contributed by atoms with Gasteiger partial charge in [-0.25, -0.2) is 4.98 Å². The maximum Gasteiger partial charge on any atom is 0.146 e. The average molecular weight is 480 g/mol. The summed E-state index contributed by atoms with van der Waals surface area (Å²) in [5, 5.41) is 22.6. The first-order valence-electron chi connectivity index (χ1n) is 11.8. The van der Waals surface area contributed by atoms with Crippen molar-refractivity contribution in [2.24, 2.45) is 0 Å². The van der Waals surface area contributed by atoms with Crippen molar-refractivity contribution in [3.05, 3.63) is 71.9 Å². The topological polar surface area (TPSA) is 111 Å². The number of nitrogens with zero attached hydrogens (tertiary/aromatic N) is 6. The summed E-state index contributed by atoms with van der Waals surface area (Å²) in [5.41, 5.74) is 5.27. The van der Waals surface area contributed by atoms with Gasteiger partial charge in [-0.1, -0.05) is 6.58 Å². The van der Waals surface area contributed by atoms with Crippen LogP contribution in [-0.2, 0) is 10.2 Å². The van der Waals surface area contributed by atoms with Gasteiger partial charge in [0.05, 0.1) is 53.9 Å². The van der Waals surface area contributed by atoms with Gasteiger partial charge >= 0.3 is 0 Å². The standard InChI is InChI=1S/C28H29N7O/c1-18-16-36-9-8-35(18)27-22(13-29)10-23(14-33-27)25-12-24(15-32-20(25)3)34-19(2)21-6-7-31-26(11-21)28(4,5)17-30/h6-7,10-12,14-15,18,34H,2,8-9,16H2,1,3-5H3/t18-/m0/s1. The molecular formula is C28H29N7O. The minimum absolute atomic E-state index is 0.151. The molecule has 1 aliphatic heterocycles. The van der Waals surface area contributed by atoms with Crippen LogP contribution >= 0.6 is 0 Å². The molecule has 36 heavy (non-hydrogen) atoms. The lowest BCUT2D eigenvalue weighted by Crippen LogP contribution is -2.44.